The molecule has 3 nitrogen and oxygen atoms in total. The summed E-state index contributed by atoms with van der Waals surface area (Å²) >= 11 is 0. The molecule has 2 rings (SSSR count). The molecule has 112 valence electrons. The molecule has 0 fully saturated rings. The Morgan fingerprint density at radius 2 is 1.95 bits per heavy atom. The summed E-state index contributed by atoms with van der Waals surface area (Å²) in [6, 6.07) is 10.2. The first-order chi connectivity index (χ1) is 10.0. The predicted octanol–water partition coefficient (Wildman–Crippen LogP) is 3.60. The first-order valence-electron chi connectivity index (χ1n) is 6.84. The van der Waals surface area contributed by atoms with E-state index in [-0.39, 0.29) is 12.4 Å². The maximum atomic E-state index is 13.2. The van der Waals surface area contributed by atoms with E-state index in [0.29, 0.717) is 11.4 Å². The molecule has 4 heteroatoms. The Morgan fingerprint density at radius 3 is 2.67 bits per heavy atom. The monoisotopic (exact) mass is 289 g/mol. The molecule has 2 aromatic rings. The molecule has 0 aliphatic carbocycles. The number of aliphatic hydroxyl groups excluding tert-OH is 1. The molecule has 0 amide bonds. The van der Waals surface area contributed by atoms with Crippen LogP contribution < -0.4 is 10.1 Å². The van der Waals surface area contributed by atoms with Crippen molar-refractivity contribution < 1.29 is 14.2 Å². The number of anilines is 1. The highest BCUT2D eigenvalue weighted by atomic mass is 19.1. The van der Waals surface area contributed by atoms with Crippen molar-refractivity contribution in [1.29, 1.82) is 0 Å². The van der Waals surface area contributed by atoms with Gasteiger partial charge in [-0.15, -0.1) is 0 Å². The first kappa shape index (κ1) is 15.3. The van der Waals surface area contributed by atoms with Gasteiger partial charge in [0.25, 0.3) is 0 Å². The van der Waals surface area contributed by atoms with Crippen LogP contribution in [0.4, 0.5) is 10.1 Å². The summed E-state index contributed by atoms with van der Waals surface area (Å²) in [7, 11) is 1.57. The Labute approximate surface area is 124 Å². The van der Waals surface area contributed by atoms with Gasteiger partial charge in [-0.1, -0.05) is 17.7 Å². The van der Waals surface area contributed by atoms with Crippen LogP contribution in [0.25, 0.3) is 0 Å². The Balaban J connectivity index is 2.13. The summed E-state index contributed by atoms with van der Waals surface area (Å²) in [6.07, 6.45) is -0.734. The van der Waals surface area contributed by atoms with Gasteiger partial charge in [-0.2, -0.15) is 0 Å². The van der Waals surface area contributed by atoms with E-state index in [1.54, 1.807) is 13.2 Å². The summed E-state index contributed by atoms with van der Waals surface area (Å²) in [5.74, 6) is 0.344. The third-order valence-corrected chi connectivity index (χ3v) is 3.43. The molecular formula is C17H20FNO2. The number of aliphatic hydroxyl groups is 1. The van der Waals surface area contributed by atoms with Crippen molar-refractivity contribution >= 4 is 5.69 Å². The molecule has 0 aliphatic heterocycles. The van der Waals surface area contributed by atoms with Crippen molar-refractivity contribution in [3.63, 3.8) is 0 Å². The zero-order chi connectivity index (χ0) is 15.4. The summed E-state index contributed by atoms with van der Waals surface area (Å²) in [5.41, 5.74) is 3.38. The quantitative estimate of drug-likeness (QED) is 0.883. The van der Waals surface area contributed by atoms with Gasteiger partial charge in [0.05, 0.1) is 13.2 Å². The van der Waals surface area contributed by atoms with Crippen molar-refractivity contribution in [1.82, 2.24) is 0 Å². The molecule has 2 N–H and O–H groups in total. The minimum absolute atomic E-state index is 0.282. The fourth-order valence-corrected chi connectivity index (χ4v) is 2.22. The molecule has 2 aromatic carbocycles. The zero-order valence-electron chi connectivity index (χ0n) is 12.5. The fraction of sp³-hybridized carbons (Fsp3) is 0.294. The Bertz CT molecular complexity index is 628. The molecule has 0 radical (unpaired) electrons. The van der Waals surface area contributed by atoms with Gasteiger partial charge in [0.1, 0.15) is 11.6 Å². The average Bonchev–Trinajstić information content (AvgIpc) is 2.47. The van der Waals surface area contributed by atoms with Gasteiger partial charge in [-0.3, -0.25) is 0 Å². The fourth-order valence-electron chi connectivity index (χ4n) is 2.22. The lowest BCUT2D eigenvalue weighted by Crippen LogP contribution is -2.14. The van der Waals surface area contributed by atoms with Gasteiger partial charge >= 0.3 is 0 Å². The SMILES string of the molecule is COc1ccc(C)cc1C(O)CNc1cc(F)ccc1C. The number of hydrogen-bond donors (Lipinski definition) is 2. The summed E-state index contributed by atoms with van der Waals surface area (Å²) < 4.78 is 18.5. The number of rotatable bonds is 5. The second-order valence-corrected chi connectivity index (χ2v) is 5.10. The Morgan fingerprint density at radius 1 is 1.19 bits per heavy atom. The van der Waals surface area contributed by atoms with Crippen LogP contribution in [0, 0.1) is 19.7 Å². The van der Waals surface area contributed by atoms with E-state index in [4.69, 9.17) is 4.74 Å². The minimum atomic E-state index is -0.734. The molecule has 0 saturated heterocycles. The molecule has 0 bridgehead atoms. The van der Waals surface area contributed by atoms with Gasteiger partial charge in [-0.05, 0) is 43.7 Å². The van der Waals surface area contributed by atoms with Crippen molar-refractivity contribution in [3.8, 4) is 5.75 Å². The van der Waals surface area contributed by atoms with Crippen molar-refractivity contribution in [2.24, 2.45) is 0 Å². The molecule has 0 aromatic heterocycles. The van der Waals surface area contributed by atoms with E-state index in [1.807, 2.05) is 32.0 Å². The van der Waals surface area contributed by atoms with Crippen LogP contribution in [0.3, 0.4) is 0 Å². The lowest BCUT2D eigenvalue weighted by atomic mass is 10.0. The van der Waals surface area contributed by atoms with Gasteiger partial charge < -0.3 is 15.2 Å². The maximum Gasteiger partial charge on any atom is 0.125 e. The van der Waals surface area contributed by atoms with E-state index in [9.17, 15) is 9.50 Å². The molecule has 0 heterocycles. The van der Waals surface area contributed by atoms with Gasteiger partial charge in [0, 0.05) is 17.8 Å². The molecule has 0 aliphatic rings. The van der Waals surface area contributed by atoms with Crippen LogP contribution in [-0.2, 0) is 0 Å². The van der Waals surface area contributed by atoms with Crippen LogP contribution in [-0.4, -0.2) is 18.8 Å². The van der Waals surface area contributed by atoms with E-state index in [1.165, 1.54) is 12.1 Å². The van der Waals surface area contributed by atoms with Crippen LogP contribution in [0.2, 0.25) is 0 Å². The molecule has 1 atom stereocenters. The molecule has 0 spiro atoms. The highest BCUT2D eigenvalue weighted by molar-refractivity contribution is 5.51. The number of ether oxygens (including phenoxy) is 1. The summed E-state index contributed by atoms with van der Waals surface area (Å²) in [5, 5.41) is 13.4. The highest BCUT2D eigenvalue weighted by Crippen LogP contribution is 2.27. The lowest BCUT2D eigenvalue weighted by Gasteiger charge is -2.17. The van der Waals surface area contributed by atoms with E-state index < -0.39 is 6.10 Å². The smallest absolute Gasteiger partial charge is 0.125 e. The zero-order valence-corrected chi connectivity index (χ0v) is 12.5. The van der Waals surface area contributed by atoms with E-state index >= 15 is 0 Å². The van der Waals surface area contributed by atoms with Crippen LogP contribution in [0.1, 0.15) is 22.8 Å². The standard InChI is InChI=1S/C17H20FNO2/c1-11-4-7-17(21-3)14(8-11)16(20)10-19-15-9-13(18)6-5-12(15)2/h4-9,16,19-20H,10H2,1-3H3. The molecule has 21 heavy (non-hydrogen) atoms. The van der Waals surface area contributed by atoms with E-state index in [2.05, 4.69) is 5.32 Å². The van der Waals surface area contributed by atoms with Crippen molar-refractivity contribution in [2.45, 2.75) is 20.0 Å². The minimum Gasteiger partial charge on any atom is -0.496 e. The number of hydrogen-bond acceptors (Lipinski definition) is 3. The Hall–Kier alpha value is -2.07. The maximum absolute atomic E-state index is 13.2. The number of benzene rings is 2. The van der Waals surface area contributed by atoms with Gasteiger partial charge in [-0.25, -0.2) is 4.39 Å². The van der Waals surface area contributed by atoms with Crippen LogP contribution in [0.15, 0.2) is 36.4 Å². The number of aryl methyl sites for hydroxylation is 2. The molecular weight excluding hydrogens is 269 g/mol. The largest absolute Gasteiger partial charge is 0.496 e. The topological polar surface area (TPSA) is 41.5 Å². The summed E-state index contributed by atoms with van der Waals surface area (Å²) in [6.45, 7) is 4.13. The molecule has 1 unspecified atom stereocenters. The number of methoxy groups -OCH3 is 1. The number of halogens is 1. The predicted molar refractivity (Wildman–Crippen MR) is 82.3 cm³/mol. The number of nitrogens with one attached hydrogen (secondary N) is 1. The Kier molecular flexibility index (Phi) is 4.81. The highest BCUT2D eigenvalue weighted by Gasteiger charge is 2.14. The van der Waals surface area contributed by atoms with E-state index in [0.717, 1.165) is 16.7 Å². The van der Waals surface area contributed by atoms with Gasteiger partial charge in [0.15, 0.2) is 0 Å². The van der Waals surface area contributed by atoms with Crippen LogP contribution >= 0.6 is 0 Å². The second-order valence-electron chi connectivity index (χ2n) is 5.10. The normalized spacial score (nSPS) is 12.0. The third kappa shape index (κ3) is 3.73. The van der Waals surface area contributed by atoms with Crippen molar-refractivity contribution in [2.75, 3.05) is 19.0 Å². The lowest BCUT2D eigenvalue weighted by molar-refractivity contribution is 0.187. The first-order valence-corrected chi connectivity index (χ1v) is 6.84. The van der Waals surface area contributed by atoms with Crippen LogP contribution in [0.5, 0.6) is 5.75 Å². The average molecular weight is 289 g/mol. The van der Waals surface area contributed by atoms with Gasteiger partial charge in [0.2, 0.25) is 0 Å². The second kappa shape index (κ2) is 6.59. The summed E-state index contributed by atoms with van der Waals surface area (Å²) in [4.78, 5) is 0. The molecule has 0 saturated carbocycles. The van der Waals surface area contributed by atoms with Crippen molar-refractivity contribution in [3.05, 3.63) is 58.9 Å². The third-order valence-electron chi connectivity index (χ3n) is 3.43.